The highest BCUT2D eigenvalue weighted by atomic mass is 35.5. The molecule has 0 spiro atoms. The van der Waals surface area contributed by atoms with Crippen LogP contribution in [0.4, 0.5) is 4.39 Å². The van der Waals surface area contributed by atoms with Gasteiger partial charge in [0.15, 0.2) is 5.82 Å². The van der Waals surface area contributed by atoms with Crippen LogP contribution in [0.25, 0.3) is 5.69 Å². The van der Waals surface area contributed by atoms with Crippen molar-refractivity contribution in [3.8, 4) is 11.4 Å². The van der Waals surface area contributed by atoms with Crippen molar-refractivity contribution in [2.45, 2.75) is 25.9 Å². The smallest absolute Gasteiger partial charge is 0.250 e. The van der Waals surface area contributed by atoms with Crippen LogP contribution in [0.5, 0.6) is 5.75 Å². The van der Waals surface area contributed by atoms with Crippen LogP contribution in [-0.2, 0) is 12.0 Å². The van der Waals surface area contributed by atoms with Crippen molar-refractivity contribution in [2.24, 2.45) is 5.73 Å². The van der Waals surface area contributed by atoms with Gasteiger partial charge in [-0.25, -0.2) is 9.37 Å². The number of benzene rings is 3. The number of imidazole rings is 1. The Hall–Kier alpha value is -3.06. The van der Waals surface area contributed by atoms with Gasteiger partial charge in [0, 0.05) is 17.3 Å². The van der Waals surface area contributed by atoms with Gasteiger partial charge in [-0.3, -0.25) is 9.36 Å². The Morgan fingerprint density at radius 1 is 1.00 bits per heavy atom. The van der Waals surface area contributed by atoms with E-state index in [0.717, 1.165) is 11.3 Å². The summed E-state index contributed by atoms with van der Waals surface area (Å²) in [5.41, 5.74) is 7.46. The number of ether oxygens (including phenoxy) is 1. The van der Waals surface area contributed by atoms with Gasteiger partial charge in [0.25, 0.3) is 0 Å². The first-order valence-corrected chi connectivity index (χ1v) is 11.7. The molecule has 180 valence electrons. The molecule has 0 saturated carbocycles. The zero-order chi connectivity index (χ0) is 25.3. The van der Waals surface area contributed by atoms with E-state index in [0.29, 0.717) is 27.3 Å². The molecule has 3 aromatic carbocycles. The van der Waals surface area contributed by atoms with Gasteiger partial charge in [-0.15, -0.1) is 0 Å². The first kappa shape index (κ1) is 25.0. The molecule has 0 radical (unpaired) electrons. The number of nitrogens with two attached hydrogens (primary N) is 1. The zero-order valence-electron chi connectivity index (χ0n) is 18.9. The molecular formula is C26H21Cl3FN3O2. The molecule has 0 bridgehead atoms. The molecule has 4 aromatic rings. The maximum absolute atomic E-state index is 13.7. The van der Waals surface area contributed by atoms with Crippen LogP contribution < -0.4 is 10.5 Å². The molecule has 0 fully saturated rings. The van der Waals surface area contributed by atoms with Gasteiger partial charge in [0.2, 0.25) is 5.91 Å². The molecular weight excluding hydrogens is 512 g/mol. The second kappa shape index (κ2) is 9.90. The van der Waals surface area contributed by atoms with E-state index < -0.39 is 11.3 Å². The Bertz CT molecular complexity index is 1400. The van der Waals surface area contributed by atoms with Crippen molar-refractivity contribution in [1.82, 2.24) is 9.55 Å². The molecule has 1 aromatic heterocycles. The Morgan fingerprint density at radius 2 is 1.71 bits per heavy atom. The number of carbonyl (C=O) groups is 1. The molecule has 0 aliphatic carbocycles. The number of aromatic nitrogens is 2. The Kier molecular flexibility index (Phi) is 7.08. The lowest BCUT2D eigenvalue weighted by Gasteiger charge is -2.28. The Balaban J connectivity index is 1.74. The minimum absolute atomic E-state index is 0.0844. The molecule has 5 nitrogen and oxygen atoms in total. The Morgan fingerprint density at radius 3 is 2.34 bits per heavy atom. The number of hydrogen-bond donors (Lipinski definition) is 1. The van der Waals surface area contributed by atoms with Crippen LogP contribution in [0.2, 0.25) is 15.1 Å². The van der Waals surface area contributed by atoms with Crippen molar-refractivity contribution < 1.29 is 13.9 Å². The largest absolute Gasteiger partial charge is 0.486 e. The van der Waals surface area contributed by atoms with Crippen molar-refractivity contribution in [3.05, 3.63) is 110 Å². The van der Waals surface area contributed by atoms with Crippen molar-refractivity contribution >= 4 is 40.7 Å². The number of nitrogens with zero attached hydrogens (tertiary/aromatic N) is 2. The summed E-state index contributed by atoms with van der Waals surface area (Å²) >= 11 is 18.6. The molecule has 2 N–H and O–H groups in total. The third-order valence-corrected chi connectivity index (χ3v) is 6.83. The highest BCUT2D eigenvalue weighted by Gasteiger charge is 2.30. The van der Waals surface area contributed by atoms with E-state index in [2.05, 4.69) is 4.98 Å². The van der Waals surface area contributed by atoms with E-state index >= 15 is 0 Å². The zero-order valence-corrected chi connectivity index (χ0v) is 21.1. The number of halogens is 4. The Labute approximate surface area is 217 Å². The van der Waals surface area contributed by atoms with Crippen LogP contribution in [0.15, 0.2) is 66.9 Å². The van der Waals surface area contributed by atoms with Crippen LogP contribution in [-0.4, -0.2) is 15.5 Å². The van der Waals surface area contributed by atoms with Gasteiger partial charge in [0.1, 0.15) is 18.2 Å². The van der Waals surface area contributed by atoms with Gasteiger partial charge in [0.05, 0.1) is 26.3 Å². The summed E-state index contributed by atoms with van der Waals surface area (Å²) in [6.45, 7) is 4.16. The van der Waals surface area contributed by atoms with Gasteiger partial charge in [-0.2, -0.15) is 0 Å². The quantitative estimate of drug-likeness (QED) is 0.279. The van der Waals surface area contributed by atoms with Crippen LogP contribution in [0.3, 0.4) is 0 Å². The summed E-state index contributed by atoms with van der Waals surface area (Å²) < 4.78 is 21.5. The number of amides is 1. The monoisotopic (exact) mass is 531 g/mol. The van der Waals surface area contributed by atoms with E-state index in [4.69, 9.17) is 45.3 Å². The van der Waals surface area contributed by atoms with E-state index in [1.807, 2.05) is 30.5 Å². The highest BCUT2D eigenvalue weighted by molar-refractivity contribution is 6.42. The molecule has 1 heterocycles. The van der Waals surface area contributed by atoms with E-state index in [9.17, 15) is 9.18 Å². The summed E-state index contributed by atoms with van der Waals surface area (Å²) in [6.07, 6.45) is 1.76. The first-order valence-electron chi connectivity index (χ1n) is 10.6. The second-order valence-electron chi connectivity index (χ2n) is 8.42. The van der Waals surface area contributed by atoms with Crippen LogP contribution in [0.1, 0.15) is 41.3 Å². The van der Waals surface area contributed by atoms with Crippen molar-refractivity contribution in [1.29, 1.82) is 0 Å². The third kappa shape index (κ3) is 5.15. The maximum Gasteiger partial charge on any atom is 0.250 e. The predicted octanol–water partition coefficient (Wildman–Crippen LogP) is 6.98. The molecule has 9 heteroatoms. The predicted molar refractivity (Wildman–Crippen MR) is 136 cm³/mol. The van der Waals surface area contributed by atoms with Gasteiger partial charge in [-0.05, 0) is 60.2 Å². The van der Waals surface area contributed by atoms with Gasteiger partial charge < -0.3 is 10.5 Å². The minimum Gasteiger partial charge on any atom is -0.486 e. The lowest BCUT2D eigenvalue weighted by atomic mass is 9.81. The lowest BCUT2D eigenvalue weighted by molar-refractivity contribution is 0.100. The maximum atomic E-state index is 13.7. The summed E-state index contributed by atoms with van der Waals surface area (Å²) in [6, 6.07) is 16.2. The van der Waals surface area contributed by atoms with Gasteiger partial charge >= 0.3 is 0 Å². The van der Waals surface area contributed by atoms with E-state index in [-0.39, 0.29) is 23.0 Å². The summed E-state index contributed by atoms with van der Waals surface area (Å²) in [5, 5.41) is 1.11. The minimum atomic E-state index is -0.623. The second-order valence-corrected chi connectivity index (χ2v) is 9.64. The molecule has 4 rings (SSSR count). The molecule has 0 aliphatic heterocycles. The van der Waals surface area contributed by atoms with Crippen molar-refractivity contribution in [3.63, 3.8) is 0 Å². The standard InChI is InChI=1S/C26H21Cl3FN3O2/c1-26(2,15-3-10-20(27)22(29)11-15)23-13-32-24(33(23)17-6-4-16(30)5-7-17)14-35-18-8-9-19(25(31)34)21(28)12-18/h3-13H,14H2,1-2H3,(H2,31,34). The van der Waals surface area contributed by atoms with Gasteiger partial charge in [-0.1, -0.05) is 54.7 Å². The number of rotatable bonds is 7. The summed E-state index contributed by atoms with van der Waals surface area (Å²) in [4.78, 5) is 16.0. The number of hydrogen-bond acceptors (Lipinski definition) is 3. The normalized spacial score (nSPS) is 11.5. The molecule has 1 amide bonds. The van der Waals surface area contributed by atoms with E-state index in [1.54, 1.807) is 30.5 Å². The molecule has 35 heavy (non-hydrogen) atoms. The van der Waals surface area contributed by atoms with Crippen molar-refractivity contribution in [2.75, 3.05) is 0 Å². The third-order valence-electron chi connectivity index (χ3n) is 5.78. The first-order chi connectivity index (χ1) is 16.6. The average molecular weight is 533 g/mol. The fourth-order valence-corrected chi connectivity index (χ4v) is 4.34. The van der Waals surface area contributed by atoms with Crippen LogP contribution >= 0.6 is 34.8 Å². The summed E-state index contributed by atoms with van der Waals surface area (Å²) in [5.74, 6) is 0.0533. The SMILES string of the molecule is CC(C)(c1ccc(Cl)c(Cl)c1)c1cnc(COc2ccc(C(N)=O)c(Cl)c2)n1-c1ccc(F)cc1. The fourth-order valence-electron chi connectivity index (χ4n) is 3.78. The highest BCUT2D eigenvalue weighted by Crippen LogP contribution is 2.37. The van der Waals surface area contributed by atoms with E-state index in [1.165, 1.54) is 24.3 Å². The molecule has 0 aliphatic rings. The molecule has 0 unspecified atom stereocenters. The topological polar surface area (TPSA) is 70.1 Å². The average Bonchev–Trinajstić information content (AvgIpc) is 3.24. The summed E-state index contributed by atoms with van der Waals surface area (Å²) in [7, 11) is 0. The number of primary amides is 1. The molecule has 0 saturated heterocycles. The lowest BCUT2D eigenvalue weighted by Crippen LogP contribution is -2.24. The molecule has 0 atom stereocenters. The number of carbonyl (C=O) groups excluding carboxylic acids is 1. The fraction of sp³-hybridized carbons (Fsp3) is 0.154. The van der Waals surface area contributed by atoms with Crippen LogP contribution in [0, 0.1) is 5.82 Å².